The van der Waals surface area contributed by atoms with Crippen molar-refractivity contribution >= 4 is 15.9 Å². The second-order valence-corrected chi connectivity index (χ2v) is 4.05. The summed E-state index contributed by atoms with van der Waals surface area (Å²) in [5.41, 5.74) is 8.22. The molecule has 0 aromatic carbocycles. The van der Waals surface area contributed by atoms with Crippen molar-refractivity contribution in [2.24, 2.45) is 5.73 Å². The third-order valence-electron chi connectivity index (χ3n) is 2.53. The highest BCUT2D eigenvalue weighted by Gasteiger charge is 2.12. The first-order valence-corrected chi connectivity index (χ1v) is 5.42. The molecule has 3 nitrogen and oxygen atoms in total. The molecule has 0 aliphatic carbocycles. The maximum absolute atomic E-state index is 11.9. The van der Waals surface area contributed by atoms with Gasteiger partial charge in [0.25, 0.3) is 5.56 Å². The van der Waals surface area contributed by atoms with Gasteiger partial charge in [-0.3, -0.25) is 4.79 Å². The number of pyridine rings is 1. The van der Waals surface area contributed by atoms with Crippen molar-refractivity contribution in [2.45, 2.75) is 33.9 Å². The van der Waals surface area contributed by atoms with Gasteiger partial charge in [0, 0.05) is 28.8 Å². The molecule has 78 valence electrons. The molecular weight excluding hydrogens is 244 g/mol. The Balaban J connectivity index is 3.65. The van der Waals surface area contributed by atoms with Crippen LogP contribution in [0, 0.1) is 13.8 Å². The van der Waals surface area contributed by atoms with Crippen molar-refractivity contribution in [2.75, 3.05) is 0 Å². The monoisotopic (exact) mass is 258 g/mol. The zero-order valence-corrected chi connectivity index (χ0v) is 10.3. The quantitative estimate of drug-likeness (QED) is 0.878. The molecule has 1 rings (SSSR count). The Hall–Kier alpha value is -0.610. The molecule has 0 amide bonds. The van der Waals surface area contributed by atoms with Crippen molar-refractivity contribution in [3.63, 3.8) is 0 Å². The van der Waals surface area contributed by atoms with Crippen LogP contribution in [-0.2, 0) is 13.1 Å². The molecule has 4 heteroatoms. The molecule has 14 heavy (non-hydrogen) atoms. The van der Waals surface area contributed by atoms with E-state index in [4.69, 9.17) is 5.73 Å². The molecular formula is C10H15BrN2O. The molecule has 0 bridgehead atoms. The van der Waals surface area contributed by atoms with Crippen LogP contribution in [0.1, 0.15) is 23.7 Å². The van der Waals surface area contributed by atoms with Crippen LogP contribution in [0.4, 0.5) is 0 Å². The first-order valence-electron chi connectivity index (χ1n) is 4.63. The molecule has 0 aliphatic rings. The predicted molar refractivity (Wildman–Crippen MR) is 61.4 cm³/mol. The fourth-order valence-electron chi connectivity index (χ4n) is 1.62. The molecule has 0 spiro atoms. The average molecular weight is 259 g/mol. The van der Waals surface area contributed by atoms with E-state index in [2.05, 4.69) is 15.9 Å². The molecule has 0 saturated carbocycles. The van der Waals surface area contributed by atoms with Crippen molar-refractivity contribution in [1.82, 2.24) is 4.57 Å². The molecule has 1 aromatic rings. The summed E-state index contributed by atoms with van der Waals surface area (Å²) in [6, 6.07) is 0. The number of halogens is 1. The van der Waals surface area contributed by atoms with Gasteiger partial charge in [-0.1, -0.05) is 0 Å². The van der Waals surface area contributed by atoms with E-state index in [0.29, 0.717) is 18.7 Å². The molecule has 0 unspecified atom stereocenters. The van der Waals surface area contributed by atoms with Crippen LogP contribution >= 0.6 is 15.9 Å². The average Bonchev–Trinajstić information content (AvgIpc) is 2.16. The number of rotatable bonds is 2. The highest BCUT2D eigenvalue weighted by atomic mass is 79.9. The Morgan fingerprint density at radius 2 is 2.00 bits per heavy atom. The van der Waals surface area contributed by atoms with E-state index in [1.165, 1.54) is 0 Å². The van der Waals surface area contributed by atoms with Gasteiger partial charge in [-0.15, -0.1) is 0 Å². The molecule has 0 radical (unpaired) electrons. The van der Waals surface area contributed by atoms with E-state index in [0.717, 1.165) is 15.7 Å². The number of hydrogen-bond acceptors (Lipinski definition) is 2. The van der Waals surface area contributed by atoms with Crippen LogP contribution in [0.15, 0.2) is 9.27 Å². The number of aromatic nitrogens is 1. The second kappa shape index (κ2) is 4.28. The smallest absolute Gasteiger partial charge is 0.255 e. The first-order chi connectivity index (χ1) is 6.54. The minimum Gasteiger partial charge on any atom is -0.326 e. The first kappa shape index (κ1) is 11.5. The van der Waals surface area contributed by atoms with Crippen LogP contribution in [0.2, 0.25) is 0 Å². The van der Waals surface area contributed by atoms with Gasteiger partial charge in [0.1, 0.15) is 0 Å². The van der Waals surface area contributed by atoms with Crippen LogP contribution in [0.3, 0.4) is 0 Å². The summed E-state index contributed by atoms with van der Waals surface area (Å²) in [6.07, 6.45) is 0. The highest BCUT2D eigenvalue weighted by molar-refractivity contribution is 9.10. The number of hydrogen-bond donors (Lipinski definition) is 1. The minimum atomic E-state index is 0.0354. The van der Waals surface area contributed by atoms with Gasteiger partial charge < -0.3 is 10.3 Å². The molecule has 1 heterocycles. The van der Waals surface area contributed by atoms with E-state index < -0.39 is 0 Å². The molecule has 2 N–H and O–H groups in total. The number of nitrogens with two attached hydrogens (primary N) is 1. The fraction of sp³-hybridized carbons (Fsp3) is 0.500. The van der Waals surface area contributed by atoms with Crippen LogP contribution < -0.4 is 11.3 Å². The van der Waals surface area contributed by atoms with Crippen molar-refractivity contribution in [3.05, 3.63) is 31.6 Å². The van der Waals surface area contributed by atoms with E-state index >= 15 is 0 Å². The third-order valence-corrected chi connectivity index (χ3v) is 3.70. The summed E-state index contributed by atoms with van der Waals surface area (Å²) >= 11 is 3.48. The van der Waals surface area contributed by atoms with Gasteiger partial charge in [-0.05, 0) is 42.3 Å². The molecule has 0 fully saturated rings. The molecule has 0 atom stereocenters. The summed E-state index contributed by atoms with van der Waals surface area (Å²) in [6.45, 7) is 6.78. The van der Waals surface area contributed by atoms with Crippen LogP contribution in [0.25, 0.3) is 0 Å². The lowest BCUT2D eigenvalue weighted by molar-refractivity contribution is 0.682. The maximum Gasteiger partial charge on any atom is 0.255 e. The Morgan fingerprint density at radius 3 is 2.43 bits per heavy atom. The maximum atomic E-state index is 11.9. The summed E-state index contributed by atoms with van der Waals surface area (Å²) in [4.78, 5) is 11.9. The Morgan fingerprint density at radius 1 is 1.43 bits per heavy atom. The van der Waals surface area contributed by atoms with Crippen molar-refractivity contribution < 1.29 is 0 Å². The largest absolute Gasteiger partial charge is 0.326 e. The molecule has 0 aliphatic heterocycles. The van der Waals surface area contributed by atoms with E-state index in [-0.39, 0.29) is 5.56 Å². The lowest BCUT2D eigenvalue weighted by Gasteiger charge is -2.14. The summed E-state index contributed by atoms with van der Waals surface area (Å²) < 4.78 is 2.72. The summed E-state index contributed by atoms with van der Waals surface area (Å²) in [5.74, 6) is 0. The standard InChI is InChI=1S/C10H15BrN2O/c1-4-13-7(3)9(11)6(2)8(5-12)10(13)14/h4-5,12H2,1-3H3. The fourth-order valence-corrected chi connectivity index (χ4v) is 2.07. The van der Waals surface area contributed by atoms with Gasteiger partial charge >= 0.3 is 0 Å². The zero-order valence-electron chi connectivity index (χ0n) is 8.72. The van der Waals surface area contributed by atoms with Crippen molar-refractivity contribution in [3.8, 4) is 0 Å². The lowest BCUT2D eigenvalue weighted by atomic mass is 10.1. The molecule has 0 saturated heterocycles. The summed E-state index contributed by atoms with van der Waals surface area (Å²) in [7, 11) is 0. The minimum absolute atomic E-state index is 0.0354. The Kier molecular flexibility index (Phi) is 3.50. The lowest BCUT2D eigenvalue weighted by Crippen LogP contribution is -2.28. The summed E-state index contributed by atoms with van der Waals surface area (Å²) in [5, 5.41) is 0. The van der Waals surface area contributed by atoms with Gasteiger partial charge in [0.2, 0.25) is 0 Å². The van der Waals surface area contributed by atoms with E-state index in [1.54, 1.807) is 4.57 Å². The van der Waals surface area contributed by atoms with E-state index in [1.807, 2.05) is 20.8 Å². The van der Waals surface area contributed by atoms with Crippen LogP contribution in [-0.4, -0.2) is 4.57 Å². The van der Waals surface area contributed by atoms with Gasteiger partial charge in [-0.25, -0.2) is 0 Å². The Bertz CT molecular complexity index is 375. The van der Waals surface area contributed by atoms with Crippen molar-refractivity contribution in [1.29, 1.82) is 0 Å². The molecule has 1 aromatic heterocycles. The topological polar surface area (TPSA) is 48.0 Å². The normalized spacial score (nSPS) is 10.6. The van der Waals surface area contributed by atoms with Gasteiger partial charge in [-0.2, -0.15) is 0 Å². The SMILES string of the molecule is CCn1c(C)c(Br)c(C)c(CN)c1=O. The predicted octanol–water partition coefficient (Wildman–Crippen LogP) is 1.71. The third kappa shape index (κ3) is 1.64. The number of nitrogens with zero attached hydrogens (tertiary/aromatic N) is 1. The highest BCUT2D eigenvalue weighted by Crippen LogP contribution is 2.21. The van der Waals surface area contributed by atoms with Crippen LogP contribution in [0.5, 0.6) is 0 Å². The zero-order chi connectivity index (χ0) is 10.9. The van der Waals surface area contributed by atoms with E-state index in [9.17, 15) is 4.79 Å². The van der Waals surface area contributed by atoms with Gasteiger partial charge in [0.05, 0.1) is 0 Å². The second-order valence-electron chi connectivity index (χ2n) is 3.26. The van der Waals surface area contributed by atoms with Gasteiger partial charge in [0.15, 0.2) is 0 Å². The Labute approximate surface area is 92.1 Å².